The number of nitrogens with zero attached hydrogens (tertiary/aromatic N) is 1. The lowest BCUT2D eigenvalue weighted by Gasteiger charge is -2.32. The first-order valence-electron chi connectivity index (χ1n) is 8.75. The molecule has 3 nitrogen and oxygen atoms in total. The highest BCUT2D eigenvalue weighted by Crippen LogP contribution is 2.34. The molecule has 0 unspecified atom stereocenters. The monoisotopic (exact) mass is 336 g/mol. The molecule has 0 saturated carbocycles. The number of amides is 1. The fraction of sp³-hybridized carbons (Fsp3) is 0.286. The van der Waals surface area contributed by atoms with Gasteiger partial charge in [0.25, 0.3) is 5.91 Å². The summed E-state index contributed by atoms with van der Waals surface area (Å²) < 4.78 is 13.6. The maximum Gasteiger partial charge on any atom is 0.254 e. The molecule has 0 radical (unpaired) electrons. The van der Waals surface area contributed by atoms with E-state index in [1.165, 1.54) is 6.07 Å². The first-order valence-corrected chi connectivity index (χ1v) is 8.75. The smallest absolute Gasteiger partial charge is 0.254 e. The number of piperidine rings is 1. The molecule has 1 aliphatic rings. The van der Waals surface area contributed by atoms with Crippen LogP contribution in [0, 0.1) is 12.7 Å². The second-order valence-corrected chi connectivity index (χ2v) is 6.82. The molecule has 25 heavy (non-hydrogen) atoms. The van der Waals surface area contributed by atoms with Crippen molar-refractivity contribution in [3.63, 3.8) is 0 Å². The molecule has 0 atom stereocenters. The van der Waals surface area contributed by atoms with Gasteiger partial charge in [0, 0.05) is 35.8 Å². The minimum absolute atomic E-state index is 0.113. The van der Waals surface area contributed by atoms with Crippen LogP contribution in [0.3, 0.4) is 0 Å². The van der Waals surface area contributed by atoms with Crippen LogP contribution in [0.25, 0.3) is 10.9 Å². The van der Waals surface area contributed by atoms with Gasteiger partial charge in [0.1, 0.15) is 5.82 Å². The second kappa shape index (κ2) is 6.36. The lowest BCUT2D eigenvalue weighted by atomic mass is 9.89. The topological polar surface area (TPSA) is 36.1 Å². The fourth-order valence-corrected chi connectivity index (χ4v) is 3.83. The van der Waals surface area contributed by atoms with Gasteiger partial charge in [-0.3, -0.25) is 4.79 Å². The van der Waals surface area contributed by atoms with E-state index in [2.05, 4.69) is 4.98 Å². The third-order valence-electron chi connectivity index (χ3n) is 5.27. The highest BCUT2D eigenvalue weighted by Gasteiger charge is 2.26. The zero-order chi connectivity index (χ0) is 17.4. The third-order valence-corrected chi connectivity index (χ3v) is 5.27. The van der Waals surface area contributed by atoms with Crippen LogP contribution in [-0.4, -0.2) is 28.9 Å². The van der Waals surface area contributed by atoms with Gasteiger partial charge in [-0.1, -0.05) is 18.2 Å². The van der Waals surface area contributed by atoms with Gasteiger partial charge >= 0.3 is 0 Å². The summed E-state index contributed by atoms with van der Waals surface area (Å²) >= 11 is 0. The molecule has 4 rings (SSSR count). The Morgan fingerprint density at radius 2 is 1.92 bits per heavy atom. The Hall–Kier alpha value is -2.62. The van der Waals surface area contributed by atoms with E-state index in [1.54, 1.807) is 12.1 Å². The van der Waals surface area contributed by atoms with Gasteiger partial charge in [-0.05, 0) is 61.1 Å². The molecule has 1 N–H and O–H groups in total. The summed E-state index contributed by atoms with van der Waals surface area (Å²) in [4.78, 5) is 17.9. The van der Waals surface area contributed by atoms with Crippen LogP contribution in [0.1, 0.15) is 40.2 Å². The summed E-state index contributed by atoms with van der Waals surface area (Å²) in [5.41, 5.74) is 3.93. The standard InChI is InChI=1S/C21H21FN2O/c1-14-4-2-3-5-17(14)21(25)24-10-8-15(9-11-24)19-13-23-20-7-6-16(22)12-18(19)20/h2-7,12-13,15,23H,8-11H2,1H3. The van der Waals surface area contributed by atoms with Gasteiger partial charge < -0.3 is 9.88 Å². The normalized spacial score (nSPS) is 15.7. The second-order valence-electron chi connectivity index (χ2n) is 6.82. The van der Waals surface area contributed by atoms with E-state index in [4.69, 9.17) is 0 Å². The van der Waals surface area contributed by atoms with E-state index in [0.717, 1.165) is 53.5 Å². The van der Waals surface area contributed by atoms with Crippen molar-refractivity contribution in [1.29, 1.82) is 0 Å². The van der Waals surface area contributed by atoms with Gasteiger partial charge in [0.05, 0.1) is 0 Å². The SMILES string of the molecule is Cc1ccccc1C(=O)N1CCC(c2c[nH]c3ccc(F)cc23)CC1. The summed E-state index contributed by atoms with van der Waals surface area (Å²) in [6, 6.07) is 12.6. The molecule has 3 aromatic rings. The minimum Gasteiger partial charge on any atom is -0.361 e. The van der Waals surface area contributed by atoms with Crippen LogP contribution in [0.4, 0.5) is 4.39 Å². The number of aryl methyl sites for hydroxylation is 1. The molecule has 0 bridgehead atoms. The minimum atomic E-state index is -0.208. The molecular formula is C21H21FN2O. The Morgan fingerprint density at radius 1 is 1.16 bits per heavy atom. The maximum atomic E-state index is 13.6. The summed E-state index contributed by atoms with van der Waals surface area (Å²) in [7, 11) is 0. The van der Waals surface area contributed by atoms with Crippen LogP contribution < -0.4 is 0 Å². The molecule has 1 aromatic heterocycles. The highest BCUT2D eigenvalue weighted by molar-refractivity contribution is 5.95. The zero-order valence-electron chi connectivity index (χ0n) is 14.3. The molecule has 1 amide bonds. The van der Waals surface area contributed by atoms with Crippen molar-refractivity contribution in [2.45, 2.75) is 25.7 Å². The molecule has 0 spiro atoms. The Labute approximate surface area is 146 Å². The lowest BCUT2D eigenvalue weighted by molar-refractivity contribution is 0.0712. The number of rotatable bonds is 2. The average molecular weight is 336 g/mol. The number of halogens is 1. The van der Waals surface area contributed by atoms with Crippen molar-refractivity contribution in [1.82, 2.24) is 9.88 Å². The Morgan fingerprint density at radius 3 is 2.68 bits per heavy atom. The molecule has 1 aliphatic heterocycles. The van der Waals surface area contributed by atoms with Gasteiger partial charge in [-0.25, -0.2) is 4.39 Å². The molecule has 2 heterocycles. The van der Waals surface area contributed by atoms with Gasteiger partial charge in [0.15, 0.2) is 0 Å². The number of carbonyl (C=O) groups excluding carboxylic acids is 1. The van der Waals surface area contributed by atoms with E-state index in [9.17, 15) is 9.18 Å². The summed E-state index contributed by atoms with van der Waals surface area (Å²) in [6.45, 7) is 3.44. The van der Waals surface area contributed by atoms with Gasteiger partial charge in [0.2, 0.25) is 0 Å². The van der Waals surface area contributed by atoms with Crippen LogP contribution >= 0.6 is 0 Å². The van der Waals surface area contributed by atoms with Crippen molar-refractivity contribution in [2.75, 3.05) is 13.1 Å². The predicted molar refractivity (Wildman–Crippen MR) is 97.3 cm³/mol. The summed E-state index contributed by atoms with van der Waals surface area (Å²) in [5.74, 6) is 0.263. The molecule has 1 fully saturated rings. The first kappa shape index (κ1) is 15.9. The molecule has 4 heteroatoms. The summed E-state index contributed by atoms with van der Waals surface area (Å²) in [6.07, 6.45) is 3.80. The van der Waals surface area contributed by atoms with Crippen molar-refractivity contribution in [2.24, 2.45) is 0 Å². The number of nitrogens with one attached hydrogen (secondary N) is 1. The molecule has 128 valence electrons. The van der Waals surface area contributed by atoms with Gasteiger partial charge in [-0.15, -0.1) is 0 Å². The van der Waals surface area contributed by atoms with E-state index >= 15 is 0 Å². The number of aromatic amines is 1. The number of aromatic nitrogens is 1. The molecule has 2 aromatic carbocycles. The first-order chi connectivity index (χ1) is 12.1. The van der Waals surface area contributed by atoms with Crippen molar-refractivity contribution in [3.8, 4) is 0 Å². The Balaban J connectivity index is 1.50. The van der Waals surface area contributed by atoms with Crippen LogP contribution in [0.5, 0.6) is 0 Å². The molecule has 1 saturated heterocycles. The van der Waals surface area contributed by atoms with Crippen LogP contribution in [0.15, 0.2) is 48.7 Å². The molecule has 0 aliphatic carbocycles. The van der Waals surface area contributed by atoms with Crippen molar-refractivity contribution < 1.29 is 9.18 Å². The number of benzene rings is 2. The van der Waals surface area contributed by atoms with Crippen molar-refractivity contribution >= 4 is 16.8 Å². The molecular weight excluding hydrogens is 315 g/mol. The van der Waals surface area contributed by atoms with Crippen LogP contribution in [-0.2, 0) is 0 Å². The average Bonchev–Trinajstić information content (AvgIpc) is 3.05. The van der Waals surface area contributed by atoms with Crippen LogP contribution in [0.2, 0.25) is 0 Å². The number of hydrogen-bond acceptors (Lipinski definition) is 1. The number of carbonyl (C=O) groups is 1. The maximum absolute atomic E-state index is 13.6. The highest BCUT2D eigenvalue weighted by atomic mass is 19.1. The van der Waals surface area contributed by atoms with E-state index in [1.807, 2.05) is 42.3 Å². The van der Waals surface area contributed by atoms with E-state index in [0.29, 0.717) is 5.92 Å². The Bertz CT molecular complexity index is 923. The number of hydrogen-bond donors (Lipinski definition) is 1. The lowest BCUT2D eigenvalue weighted by Crippen LogP contribution is -2.38. The number of likely N-dealkylation sites (tertiary alicyclic amines) is 1. The fourth-order valence-electron chi connectivity index (χ4n) is 3.83. The number of H-pyrrole nitrogens is 1. The van der Waals surface area contributed by atoms with Gasteiger partial charge in [-0.2, -0.15) is 0 Å². The number of fused-ring (bicyclic) bond motifs is 1. The van der Waals surface area contributed by atoms with E-state index in [-0.39, 0.29) is 11.7 Å². The predicted octanol–water partition coefficient (Wildman–Crippen LogP) is 4.64. The Kier molecular flexibility index (Phi) is 4.04. The van der Waals surface area contributed by atoms with Crippen molar-refractivity contribution in [3.05, 3.63) is 71.2 Å². The largest absolute Gasteiger partial charge is 0.361 e. The third kappa shape index (κ3) is 2.93. The zero-order valence-corrected chi connectivity index (χ0v) is 14.3. The quantitative estimate of drug-likeness (QED) is 0.727. The van der Waals surface area contributed by atoms with E-state index < -0.39 is 0 Å². The summed E-state index contributed by atoms with van der Waals surface area (Å²) in [5, 5.41) is 0.962.